The Labute approximate surface area is 170 Å². The molecule has 0 N–H and O–H groups in total. The van der Waals surface area contributed by atoms with E-state index in [1.165, 1.54) is 0 Å². The monoisotopic (exact) mass is 421 g/mol. The van der Waals surface area contributed by atoms with Gasteiger partial charge in [0.15, 0.2) is 15.5 Å². The number of aryl methyl sites for hydroxylation is 2. The van der Waals surface area contributed by atoms with Gasteiger partial charge in [-0.05, 0) is 20.3 Å². The number of esters is 1. The number of carbonyl (C=O) groups is 1. The van der Waals surface area contributed by atoms with Crippen molar-refractivity contribution in [3.63, 3.8) is 0 Å². The molecule has 0 bridgehead atoms. The van der Waals surface area contributed by atoms with Gasteiger partial charge in [0.25, 0.3) is 0 Å². The van der Waals surface area contributed by atoms with Crippen molar-refractivity contribution in [2.24, 2.45) is 7.05 Å². The Bertz CT molecular complexity index is 1040. The van der Waals surface area contributed by atoms with Crippen molar-refractivity contribution < 1.29 is 17.9 Å². The molecule has 1 atom stereocenters. The van der Waals surface area contributed by atoms with E-state index in [1.54, 1.807) is 17.8 Å². The highest BCUT2D eigenvalue weighted by molar-refractivity contribution is 7.91. The molecule has 10 heteroatoms. The lowest BCUT2D eigenvalue weighted by Crippen LogP contribution is -2.51. The van der Waals surface area contributed by atoms with Crippen LogP contribution in [0.3, 0.4) is 0 Å². The molecule has 0 aliphatic carbocycles. The van der Waals surface area contributed by atoms with Crippen LogP contribution in [0.4, 0.5) is 5.69 Å². The molecule has 9 nitrogen and oxygen atoms in total. The molecule has 0 amide bonds. The molecule has 0 aromatic carbocycles. The minimum absolute atomic E-state index is 0.101. The van der Waals surface area contributed by atoms with Crippen molar-refractivity contribution in [2.45, 2.75) is 26.3 Å². The van der Waals surface area contributed by atoms with Crippen molar-refractivity contribution in [3.05, 3.63) is 17.5 Å². The Morgan fingerprint density at radius 1 is 1.28 bits per heavy atom. The van der Waals surface area contributed by atoms with Crippen LogP contribution in [0.25, 0.3) is 11.0 Å². The summed E-state index contributed by atoms with van der Waals surface area (Å²) in [5.74, 6) is 0.150. The number of fused-ring (bicyclic) bond motifs is 1. The fraction of sp³-hybridized carbons (Fsp3) is 0.632. The van der Waals surface area contributed by atoms with Crippen LogP contribution in [0.15, 0.2) is 6.20 Å². The Balaban J connectivity index is 1.65. The average Bonchev–Trinajstić information content (AvgIpc) is 3.20. The molecule has 0 spiro atoms. The maximum atomic E-state index is 12.6. The first-order chi connectivity index (χ1) is 13.8. The van der Waals surface area contributed by atoms with Gasteiger partial charge in [0.05, 0.1) is 34.9 Å². The standard InChI is InChI=1S/C19H27N5O4S/c1-4-28-19(25)15-11-20-18-16(13(2)21-22(18)3)17(15)24-8-6-23(7-9-24)14-5-10-29(26,27)12-14/h11,14H,4-10,12H2,1-3H3. The normalized spacial score (nSPS) is 22.3. The lowest BCUT2D eigenvalue weighted by molar-refractivity contribution is 0.0526. The van der Waals surface area contributed by atoms with Crippen LogP contribution in [-0.2, 0) is 21.6 Å². The third-order valence-electron chi connectivity index (χ3n) is 5.85. The smallest absolute Gasteiger partial charge is 0.341 e. The number of carbonyl (C=O) groups excluding carboxylic acids is 1. The van der Waals surface area contributed by atoms with Gasteiger partial charge in [-0.15, -0.1) is 0 Å². The van der Waals surface area contributed by atoms with Crippen molar-refractivity contribution in [3.8, 4) is 0 Å². The number of pyridine rings is 1. The van der Waals surface area contributed by atoms with E-state index in [9.17, 15) is 13.2 Å². The largest absolute Gasteiger partial charge is 0.462 e. The second-order valence-corrected chi connectivity index (χ2v) is 9.96. The van der Waals surface area contributed by atoms with E-state index in [0.29, 0.717) is 31.7 Å². The average molecular weight is 422 g/mol. The van der Waals surface area contributed by atoms with Gasteiger partial charge in [-0.25, -0.2) is 18.2 Å². The van der Waals surface area contributed by atoms with Crippen molar-refractivity contribution in [1.82, 2.24) is 19.7 Å². The number of ether oxygens (including phenoxy) is 1. The number of nitrogens with zero attached hydrogens (tertiary/aromatic N) is 5. The molecule has 2 aromatic heterocycles. The van der Waals surface area contributed by atoms with Crippen molar-refractivity contribution in [2.75, 3.05) is 49.2 Å². The number of sulfone groups is 1. The summed E-state index contributed by atoms with van der Waals surface area (Å²) >= 11 is 0. The lowest BCUT2D eigenvalue weighted by Gasteiger charge is -2.39. The van der Waals surface area contributed by atoms with Gasteiger partial charge in [0, 0.05) is 45.5 Å². The third-order valence-corrected chi connectivity index (χ3v) is 7.60. The molecule has 2 aliphatic heterocycles. The molecule has 29 heavy (non-hydrogen) atoms. The highest BCUT2D eigenvalue weighted by Crippen LogP contribution is 2.33. The summed E-state index contributed by atoms with van der Waals surface area (Å²) in [6.07, 6.45) is 2.28. The number of hydrogen-bond donors (Lipinski definition) is 0. The number of aromatic nitrogens is 3. The summed E-state index contributed by atoms with van der Waals surface area (Å²) in [4.78, 5) is 21.5. The molecule has 4 heterocycles. The Morgan fingerprint density at radius 3 is 2.62 bits per heavy atom. The zero-order chi connectivity index (χ0) is 20.8. The molecular formula is C19H27N5O4S. The van der Waals surface area contributed by atoms with Gasteiger partial charge < -0.3 is 9.64 Å². The summed E-state index contributed by atoms with van der Waals surface area (Å²) in [5.41, 5.74) is 2.82. The van der Waals surface area contributed by atoms with Crippen LogP contribution in [0.2, 0.25) is 0 Å². The van der Waals surface area contributed by atoms with Crippen LogP contribution in [0.5, 0.6) is 0 Å². The fourth-order valence-electron chi connectivity index (χ4n) is 4.45. The number of anilines is 1. The molecule has 2 fully saturated rings. The minimum atomic E-state index is -2.90. The molecule has 0 radical (unpaired) electrons. The summed E-state index contributed by atoms with van der Waals surface area (Å²) in [6, 6.07) is 0.101. The molecule has 2 aromatic rings. The van der Waals surface area contributed by atoms with E-state index in [0.717, 1.165) is 35.5 Å². The summed E-state index contributed by atoms with van der Waals surface area (Å²) in [7, 11) is -1.06. The zero-order valence-corrected chi connectivity index (χ0v) is 17.9. The van der Waals surface area contributed by atoms with Crippen molar-refractivity contribution in [1.29, 1.82) is 0 Å². The van der Waals surface area contributed by atoms with Crippen LogP contribution in [0.1, 0.15) is 29.4 Å². The van der Waals surface area contributed by atoms with E-state index in [-0.39, 0.29) is 23.5 Å². The number of hydrogen-bond acceptors (Lipinski definition) is 8. The summed E-state index contributed by atoms with van der Waals surface area (Å²) in [5, 5.41) is 5.35. The maximum Gasteiger partial charge on any atom is 0.341 e. The van der Waals surface area contributed by atoms with E-state index >= 15 is 0 Å². The number of piperazine rings is 1. The predicted octanol–water partition coefficient (Wildman–Crippen LogP) is 0.763. The van der Waals surface area contributed by atoms with Crippen LogP contribution in [-0.4, -0.2) is 84.4 Å². The fourth-order valence-corrected chi connectivity index (χ4v) is 6.22. The SMILES string of the molecule is CCOC(=O)c1cnc2c(c(C)nn2C)c1N1CCN(C2CCS(=O)(=O)C2)CC1. The molecule has 2 saturated heterocycles. The van der Waals surface area contributed by atoms with E-state index < -0.39 is 9.84 Å². The van der Waals surface area contributed by atoms with Gasteiger partial charge in [-0.3, -0.25) is 9.58 Å². The zero-order valence-electron chi connectivity index (χ0n) is 17.1. The second-order valence-electron chi connectivity index (χ2n) is 7.73. The highest BCUT2D eigenvalue weighted by Gasteiger charge is 2.35. The van der Waals surface area contributed by atoms with Crippen LogP contribution >= 0.6 is 0 Å². The van der Waals surface area contributed by atoms with Gasteiger partial charge in [-0.1, -0.05) is 0 Å². The molecule has 4 rings (SSSR count). The van der Waals surface area contributed by atoms with Crippen LogP contribution in [0, 0.1) is 6.92 Å². The lowest BCUT2D eigenvalue weighted by atomic mass is 10.1. The van der Waals surface area contributed by atoms with Gasteiger partial charge >= 0.3 is 5.97 Å². The first kappa shape index (κ1) is 20.1. The van der Waals surface area contributed by atoms with E-state index in [2.05, 4.69) is 19.9 Å². The topological polar surface area (TPSA) is 97.6 Å². The maximum absolute atomic E-state index is 12.6. The highest BCUT2D eigenvalue weighted by atomic mass is 32.2. The summed E-state index contributed by atoms with van der Waals surface area (Å²) in [6.45, 7) is 6.92. The minimum Gasteiger partial charge on any atom is -0.462 e. The van der Waals surface area contributed by atoms with Crippen LogP contribution < -0.4 is 4.90 Å². The van der Waals surface area contributed by atoms with Gasteiger partial charge in [-0.2, -0.15) is 5.10 Å². The molecule has 158 valence electrons. The Kier molecular flexibility index (Phi) is 5.24. The summed E-state index contributed by atoms with van der Waals surface area (Å²) < 4.78 is 30.7. The first-order valence-electron chi connectivity index (χ1n) is 9.99. The number of rotatable bonds is 4. The third kappa shape index (κ3) is 3.71. The Morgan fingerprint density at radius 2 is 2.00 bits per heavy atom. The molecule has 2 aliphatic rings. The van der Waals surface area contributed by atoms with E-state index in [1.807, 2.05) is 14.0 Å². The molecule has 0 saturated carbocycles. The van der Waals surface area contributed by atoms with Gasteiger partial charge in [0.1, 0.15) is 5.56 Å². The van der Waals surface area contributed by atoms with Gasteiger partial charge in [0.2, 0.25) is 0 Å². The van der Waals surface area contributed by atoms with E-state index in [4.69, 9.17) is 4.74 Å². The first-order valence-corrected chi connectivity index (χ1v) is 11.8. The predicted molar refractivity (Wildman–Crippen MR) is 110 cm³/mol. The Hall–Kier alpha value is -2.20. The molecule has 1 unspecified atom stereocenters. The molecular weight excluding hydrogens is 394 g/mol. The quantitative estimate of drug-likeness (QED) is 0.668. The second kappa shape index (κ2) is 7.56. The van der Waals surface area contributed by atoms with Crippen molar-refractivity contribution >= 4 is 32.5 Å².